The number of methoxy groups -OCH3 is 1. The number of amides is 3. The average Bonchev–Trinajstić information content (AvgIpc) is 3.46. The maximum atomic E-state index is 13.8. The third-order valence-electron chi connectivity index (χ3n) is 6.23. The number of nitrogens with one attached hydrogen (secondary N) is 2. The van der Waals surface area contributed by atoms with Crippen LogP contribution in [0.25, 0.3) is 0 Å². The first kappa shape index (κ1) is 25.0. The second-order valence-electron chi connectivity index (χ2n) is 8.65. The van der Waals surface area contributed by atoms with Crippen molar-refractivity contribution < 1.29 is 23.5 Å². The largest absolute Gasteiger partial charge is 0.497 e. The molecule has 1 aliphatic rings. The van der Waals surface area contributed by atoms with E-state index in [9.17, 15) is 14.4 Å². The Labute approximate surface area is 209 Å². The summed E-state index contributed by atoms with van der Waals surface area (Å²) in [5.41, 5.74) is 1.05. The van der Waals surface area contributed by atoms with Crippen molar-refractivity contribution in [1.82, 2.24) is 15.6 Å². The Bertz CT molecular complexity index is 1140. The summed E-state index contributed by atoms with van der Waals surface area (Å²) in [5.74, 6) is -0.552. The maximum absolute atomic E-state index is 13.8. The van der Waals surface area contributed by atoms with Crippen LogP contribution in [-0.2, 0) is 9.59 Å². The van der Waals surface area contributed by atoms with E-state index in [-0.39, 0.29) is 24.3 Å². The van der Waals surface area contributed by atoms with Crippen LogP contribution in [0, 0.1) is 0 Å². The topological polar surface area (TPSA) is 114 Å². The highest BCUT2D eigenvalue weighted by atomic mass is 16.5. The smallest absolute Gasteiger partial charge is 0.287 e. The predicted octanol–water partition coefficient (Wildman–Crippen LogP) is 3.64. The number of anilines is 1. The lowest BCUT2D eigenvalue weighted by atomic mass is 9.94. The van der Waals surface area contributed by atoms with Gasteiger partial charge in [-0.3, -0.25) is 24.3 Å². The number of nitrogens with zero attached hydrogens (tertiary/aromatic N) is 2. The van der Waals surface area contributed by atoms with Crippen molar-refractivity contribution in [1.29, 1.82) is 0 Å². The van der Waals surface area contributed by atoms with Crippen LogP contribution in [0.5, 0.6) is 5.75 Å². The minimum Gasteiger partial charge on any atom is -0.497 e. The lowest BCUT2D eigenvalue weighted by Crippen LogP contribution is -2.49. The van der Waals surface area contributed by atoms with Gasteiger partial charge in [0, 0.05) is 12.2 Å². The van der Waals surface area contributed by atoms with Crippen molar-refractivity contribution in [3.8, 4) is 5.75 Å². The van der Waals surface area contributed by atoms with Crippen molar-refractivity contribution in [2.24, 2.45) is 0 Å². The molecule has 4 rings (SSSR count). The molecule has 9 heteroatoms. The highest BCUT2D eigenvalue weighted by molar-refractivity contribution is 6.04. The van der Waals surface area contributed by atoms with Gasteiger partial charge in [0.05, 0.1) is 31.8 Å². The molecule has 9 nitrogen and oxygen atoms in total. The molecule has 3 amide bonds. The van der Waals surface area contributed by atoms with Gasteiger partial charge in [-0.25, -0.2) is 0 Å². The Hall–Kier alpha value is -4.14. The highest BCUT2D eigenvalue weighted by Gasteiger charge is 2.34. The number of benzene rings is 1. The quantitative estimate of drug-likeness (QED) is 0.474. The summed E-state index contributed by atoms with van der Waals surface area (Å²) >= 11 is 0. The van der Waals surface area contributed by atoms with Crippen molar-refractivity contribution in [2.75, 3.05) is 18.6 Å². The molecular formula is C27H30N4O5. The number of pyridine rings is 1. The van der Waals surface area contributed by atoms with Gasteiger partial charge in [-0.2, -0.15) is 0 Å². The molecule has 0 radical (unpaired) electrons. The van der Waals surface area contributed by atoms with Gasteiger partial charge in [0.1, 0.15) is 11.8 Å². The maximum Gasteiger partial charge on any atom is 0.287 e. The Kier molecular flexibility index (Phi) is 8.33. The van der Waals surface area contributed by atoms with Crippen LogP contribution in [0.2, 0.25) is 0 Å². The summed E-state index contributed by atoms with van der Waals surface area (Å²) in [6.07, 6.45) is 9.58. The molecule has 0 saturated heterocycles. The van der Waals surface area contributed by atoms with E-state index in [1.54, 1.807) is 55.8 Å². The monoisotopic (exact) mass is 490 g/mol. The first-order valence-electron chi connectivity index (χ1n) is 12.0. The van der Waals surface area contributed by atoms with E-state index in [2.05, 4.69) is 15.6 Å². The minimum absolute atomic E-state index is 0.0523. The Morgan fingerprint density at radius 3 is 2.50 bits per heavy atom. The molecule has 1 aliphatic carbocycles. The lowest BCUT2D eigenvalue weighted by molar-refractivity contribution is -0.127. The zero-order valence-electron chi connectivity index (χ0n) is 20.2. The average molecular weight is 491 g/mol. The minimum atomic E-state index is -0.977. The second-order valence-corrected chi connectivity index (χ2v) is 8.65. The third-order valence-corrected chi connectivity index (χ3v) is 6.23. The molecule has 0 bridgehead atoms. The summed E-state index contributed by atoms with van der Waals surface area (Å²) in [6.45, 7) is -0.336. The first-order chi connectivity index (χ1) is 17.6. The van der Waals surface area contributed by atoms with Crippen molar-refractivity contribution in [3.05, 3.63) is 78.5 Å². The van der Waals surface area contributed by atoms with Crippen LogP contribution in [-0.4, -0.2) is 42.4 Å². The molecule has 1 saturated carbocycles. The van der Waals surface area contributed by atoms with Crippen LogP contribution < -0.4 is 20.3 Å². The first-order valence-corrected chi connectivity index (χ1v) is 12.0. The molecule has 1 aromatic carbocycles. The van der Waals surface area contributed by atoms with Gasteiger partial charge in [-0.1, -0.05) is 31.4 Å². The molecule has 3 aromatic rings. The SMILES string of the molecule is COc1ccc([C@@H](C(=O)NC2CCCCC2)N(C(=O)CNC(=O)c2ccco2)c2cccnc2)cc1. The van der Waals surface area contributed by atoms with Gasteiger partial charge in [0.25, 0.3) is 5.91 Å². The summed E-state index contributed by atoms with van der Waals surface area (Å²) in [5, 5.41) is 5.74. The number of hydrogen-bond donors (Lipinski definition) is 2. The summed E-state index contributed by atoms with van der Waals surface area (Å²) in [4.78, 5) is 45.3. The molecule has 2 N–H and O–H groups in total. The molecule has 0 unspecified atom stereocenters. The van der Waals surface area contributed by atoms with Gasteiger partial charge in [-0.15, -0.1) is 0 Å². The van der Waals surface area contributed by atoms with E-state index in [1.807, 2.05) is 0 Å². The number of rotatable bonds is 9. The molecule has 1 fully saturated rings. The number of hydrogen-bond acceptors (Lipinski definition) is 6. The fourth-order valence-electron chi connectivity index (χ4n) is 4.40. The fourth-order valence-corrected chi connectivity index (χ4v) is 4.40. The van der Waals surface area contributed by atoms with Gasteiger partial charge in [-0.05, 0) is 54.8 Å². The van der Waals surface area contributed by atoms with E-state index in [0.29, 0.717) is 17.0 Å². The molecule has 1 atom stereocenters. The van der Waals surface area contributed by atoms with Crippen LogP contribution in [0.4, 0.5) is 5.69 Å². The van der Waals surface area contributed by atoms with Gasteiger partial charge in [0.2, 0.25) is 11.8 Å². The zero-order chi connectivity index (χ0) is 25.3. The van der Waals surface area contributed by atoms with Gasteiger partial charge < -0.3 is 19.8 Å². The number of ether oxygens (including phenoxy) is 1. The van der Waals surface area contributed by atoms with Gasteiger partial charge in [0.15, 0.2) is 5.76 Å². The van der Waals surface area contributed by atoms with Crippen LogP contribution >= 0.6 is 0 Å². The number of furan rings is 1. The molecule has 2 aromatic heterocycles. The molecule has 0 aliphatic heterocycles. The number of carbonyl (C=O) groups is 3. The number of carbonyl (C=O) groups excluding carboxylic acids is 3. The van der Waals surface area contributed by atoms with E-state index in [4.69, 9.17) is 9.15 Å². The third kappa shape index (κ3) is 6.10. The van der Waals surface area contributed by atoms with Crippen molar-refractivity contribution in [2.45, 2.75) is 44.2 Å². The molecule has 0 spiro atoms. The Morgan fingerprint density at radius 2 is 1.86 bits per heavy atom. The van der Waals surface area contributed by atoms with Crippen LogP contribution in [0.15, 0.2) is 71.6 Å². The van der Waals surface area contributed by atoms with E-state index in [1.165, 1.54) is 23.4 Å². The van der Waals surface area contributed by atoms with Crippen molar-refractivity contribution >= 4 is 23.4 Å². The lowest BCUT2D eigenvalue weighted by Gasteiger charge is -2.33. The Morgan fingerprint density at radius 1 is 1.08 bits per heavy atom. The van der Waals surface area contributed by atoms with Crippen molar-refractivity contribution in [3.63, 3.8) is 0 Å². The number of aromatic nitrogens is 1. The molecule has 2 heterocycles. The summed E-state index contributed by atoms with van der Waals surface area (Å²) < 4.78 is 10.4. The second kappa shape index (κ2) is 12.0. The normalized spacial score (nSPS) is 14.5. The predicted molar refractivity (Wildman–Crippen MR) is 134 cm³/mol. The standard InChI is InChI=1S/C27H30N4O5/c1-35-22-13-11-19(12-14-22)25(27(34)30-20-7-3-2-4-8-20)31(21-9-5-15-28-17-21)24(32)18-29-26(33)23-10-6-16-36-23/h5-6,9-17,20,25H,2-4,7-8,18H2,1H3,(H,29,33)(H,30,34)/t25-/m0/s1. The molecule has 188 valence electrons. The zero-order valence-corrected chi connectivity index (χ0v) is 20.2. The Balaban J connectivity index is 1.65. The van der Waals surface area contributed by atoms with E-state index in [0.717, 1.165) is 32.1 Å². The van der Waals surface area contributed by atoms with E-state index >= 15 is 0 Å². The summed E-state index contributed by atoms with van der Waals surface area (Å²) in [7, 11) is 1.56. The van der Waals surface area contributed by atoms with Crippen LogP contribution in [0.1, 0.15) is 54.3 Å². The van der Waals surface area contributed by atoms with E-state index < -0.39 is 17.9 Å². The van der Waals surface area contributed by atoms with Crippen LogP contribution in [0.3, 0.4) is 0 Å². The summed E-state index contributed by atoms with van der Waals surface area (Å²) in [6, 6.07) is 12.6. The highest BCUT2D eigenvalue weighted by Crippen LogP contribution is 2.29. The fraction of sp³-hybridized carbons (Fsp3) is 0.333. The molecular weight excluding hydrogens is 460 g/mol. The molecule has 36 heavy (non-hydrogen) atoms. The van der Waals surface area contributed by atoms with Gasteiger partial charge >= 0.3 is 0 Å².